The van der Waals surface area contributed by atoms with Gasteiger partial charge in [-0.2, -0.15) is 0 Å². The lowest BCUT2D eigenvalue weighted by atomic mass is 9.78. The molecule has 1 aromatic heterocycles. The average Bonchev–Trinajstić information content (AvgIpc) is 2.80. The lowest BCUT2D eigenvalue weighted by Gasteiger charge is -2.28. The molecule has 0 saturated carbocycles. The van der Waals surface area contributed by atoms with E-state index in [0.717, 1.165) is 30.0 Å². The lowest BCUT2D eigenvalue weighted by molar-refractivity contribution is 0.308. The Balaban J connectivity index is 1.99. The first-order chi connectivity index (χ1) is 9.09. The number of nitrogens with zero attached hydrogens (tertiary/aromatic N) is 3. The van der Waals surface area contributed by atoms with E-state index in [1.807, 2.05) is 28.9 Å². The summed E-state index contributed by atoms with van der Waals surface area (Å²) >= 11 is 0. The maximum atomic E-state index is 5.19. The molecule has 4 nitrogen and oxygen atoms in total. The zero-order valence-electron chi connectivity index (χ0n) is 11.7. The quantitative estimate of drug-likeness (QED) is 0.830. The minimum atomic E-state index is 0.332. The predicted molar refractivity (Wildman–Crippen MR) is 73.7 cm³/mol. The minimum absolute atomic E-state index is 0.332. The number of aryl methyl sites for hydroxylation is 1. The van der Waals surface area contributed by atoms with Crippen molar-refractivity contribution in [3.8, 4) is 11.4 Å². The van der Waals surface area contributed by atoms with Crippen LogP contribution in [0, 0.1) is 5.41 Å². The predicted octanol–water partition coefficient (Wildman–Crippen LogP) is 2.79. The number of ether oxygens (including phenoxy) is 1. The highest BCUT2D eigenvalue weighted by molar-refractivity contribution is 5.39. The molecule has 0 unspecified atom stereocenters. The van der Waals surface area contributed by atoms with Crippen molar-refractivity contribution in [2.75, 3.05) is 7.11 Å². The molecule has 2 aromatic rings. The molecule has 100 valence electrons. The molecule has 0 atom stereocenters. The van der Waals surface area contributed by atoms with E-state index in [4.69, 9.17) is 4.74 Å². The van der Waals surface area contributed by atoms with Crippen LogP contribution in [0.5, 0.6) is 5.75 Å². The molecule has 0 N–H and O–H groups in total. The summed E-state index contributed by atoms with van der Waals surface area (Å²) in [4.78, 5) is 0. The number of aromatic nitrogens is 3. The minimum Gasteiger partial charge on any atom is -0.497 e. The summed E-state index contributed by atoms with van der Waals surface area (Å²) in [6.45, 7) is 4.61. The molecule has 1 aliphatic rings. The van der Waals surface area contributed by atoms with Crippen LogP contribution in [0.4, 0.5) is 0 Å². The van der Waals surface area contributed by atoms with Gasteiger partial charge in [-0.05, 0) is 48.9 Å². The smallest absolute Gasteiger partial charge is 0.119 e. The third kappa shape index (κ3) is 2.23. The molecule has 0 spiro atoms. The van der Waals surface area contributed by atoms with Crippen LogP contribution in [-0.2, 0) is 12.8 Å². The molecule has 0 bridgehead atoms. The maximum absolute atomic E-state index is 5.19. The summed E-state index contributed by atoms with van der Waals surface area (Å²) in [6.07, 6.45) is 3.24. The van der Waals surface area contributed by atoms with Gasteiger partial charge in [0, 0.05) is 0 Å². The van der Waals surface area contributed by atoms with E-state index in [1.54, 1.807) is 7.11 Å². The zero-order valence-corrected chi connectivity index (χ0v) is 11.7. The summed E-state index contributed by atoms with van der Waals surface area (Å²) in [5.41, 5.74) is 3.78. The zero-order chi connectivity index (χ0) is 13.5. The summed E-state index contributed by atoms with van der Waals surface area (Å²) in [5.74, 6) is 0.859. The lowest BCUT2D eigenvalue weighted by Crippen LogP contribution is -2.23. The molecule has 0 saturated heterocycles. The van der Waals surface area contributed by atoms with Gasteiger partial charge in [0.1, 0.15) is 5.75 Å². The summed E-state index contributed by atoms with van der Waals surface area (Å²) in [6, 6.07) is 7.96. The van der Waals surface area contributed by atoms with Gasteiger partial charge in [-0.3, -0.25) is 0 Å². The second-order valence-corrected chi connectivity index (χ2v) is 5.93. The van der Waals surface area contributed by atoms with E-state index in [0.29, 0.717) is 5.41 Å². The Bertz CT molecular complexity index is 584. The van der Waals surface area contributed by atoms with Crippen molar-refractivity contribution in [3.05, 3.63) is 35.7 Å². The van der Waals surface area contributed by atoms with Gasteiger partial charge in [0.15, 0.2) is 0 Å². The first-order valence-corrected chi connectivity index (χ1v) is 6.67. The molecule has 19 heavy (non-hydrogen) atoms. The summed E-state index contributed by atoms with van der Waals surface area (Å²) in [7, 11) is 1.68. The van der Waals surface area contributed by atoms with Gasteiger partial charge in [0.2, 0.25) is 0 Å². The van der Waals surface area contributed by atoms with Gasteiger partial charge >= 0.3 is 0 Å². The Morgan fingerprint density at radius 1 is 1.21 bits per heavy atom. The normalized spacial score (nSPS) is 17.0. The van der Waals surface area contributed by atoms with E-state index in [2.05, 4.69) is 24.2 Å². The Morgan fingerprint density at radius 3 is 2.63 bits per heavy atom. The van der Waals surface area contributed by atoms with Crippen molar-refractivity contribution in [1.29, 1.82) is 0 Å². The van der Waals surface area contributed by atoms with Crippen LogP contribution in [0.15, 0.2) is 24.3 Å². The van der Waals surface area contributed by atoms with E-state index < -0.39 is 0 Å². The molecule has 1 aromatic carbocycles. The van der Waals surface area contributed by atoms with Gasteiger partial charge in [0.05, 0.1) is 24.2 Å². The third-order valence-electron chi connectivity index (χ3n) is 3.85. The van der Waals surface area contributed by atoms with Crippen LogP contribution in [-0.4, -0.2) is 22.1 Å². The van der Waals surface area contributed by atoms with Gasteiger partial charge in [-0.15, -0.1) is 5.10 Å². The van der Waals surface area contributed by atoms with Crippen LogP contribution in [0.3, 0.4) is 0 Å². The number of benzene rings is 1. The standard InChI is InChI=1S/C15H19N3O/c1-15(2)9-8-13-14(10-15)18(17-16-13)11-4-6-12(19-3)7-5-11/h4-7H,8-10H2,1-3H3. The number of hydrogen-bond acceptors (Lipinski definition) is 3. The SMILES string of the molecule is COc1ccc(-n2nnc3c2CC(C)(C)CC3)cc1. The fourth-order valence-corrected chi connectivity index (χ4v) is 2.63. The first kappa shape index (κ1) is 12.2. The second kappa shape index (κ2) is 4.37. The largest absolute Gasteiger partial charge is 0.497 e. The molecule has 3 rings (SSSR count). The van der Waals surface area contributed by atoms with Crippen LogP contribution in [0.25, 0.3) is 5.69 Å². The van der Waals surface area contributed by atoms with E-state index in [9.17, 15) is 0 Å². The topological polar surface area (TPSA) is 39.9 Å². The van der Waals surface area contributed by atoms with Crippen LogP contribution < -0.4 is 4.74 Å². The molecule has 0 fully saturated rings. The highest BCUT2D eigenvalue weighted by atomic mass is 16.5. The van der Waals surface area contributed by atoms with E-state index in [-0.39, 0.29) is 0 Å². The fraction of sp³-hybridized carbons (Fsp3) is 0.467. The molecular formula is C15H19N3O. The van der Waals surface area contributed by atoms with Crippen molar-refractivity contribution >= 4 is 0 Å². The van der Waals surface area contributed by atoms with Crippen LogP contribution in [0.2, 0.25) is 0 Å². The molecule has 0 radical (unpaired) electrons. The van der Waals surface area contributed by atoms with Crippen LogP contribution >= 0.6 is 0 Å². The van der Waals surface area contributed by atoms with Crippen molar-refractivity contribution in [2.24, 2.45) is 5.41 Å². The molecular weight excluding hydrogens is 238 g/mol. The summed E-state index contributed by atoms with van der Waals surface area (Å²) < 4.78 is 7.15. The Morgan fingerprint density at radius 2 is 1.95 bits per heavy atom. The second-order valence-electron chi connectivity index (χ2n) is 5.93. The Kier molecular flexibility index (Phi) is 2.81. The highest BCUT2D eigenvalue weighted by Crippen LogP contribution is 2.34. The molecule has 0 aliphatic heterocycles. The fourth-order valence-electron chi connectivity index (χ4n) is 2.63. The number of fused-ring (bicyclic) bond motifs is 1. The molecule has 4 heteroatoms. The first-order valence-electron chi connectivity index (χ1n) is 6.67. The maximum Gasteiger partial charge on any atom is 0.119 e. The molecule has 1 heterocycles. The van der Waals surface area contributed by atoms with Gasteiger partial charge in [-0.25, -0.2) is 4.68 Å². The molecule has 1 aliphatic carbocycles. The van der Waals surface area contributed by atoms with Crippen LogP contribution in [0.1, 0.15) is 31.7 Å². The van der Waals surface area contributed by atoms with E-state index >= 15 is 0 Å². The van der Waals surface area contributed by atoms with E-state index in [1.165, 1.54) is 12.1 Å². The van der Waals surface area contributed by atoms with Crippen molar-refractivity contribution in [2.45, 2.75) is 33.1 Å². The number of hydrogen-bond donors (Lipinski definition) is 0. The van der Waals surface area contributed by atoms with Gasteiger partial charge < -0.3 is 4.74 Å². The Hall–Kier alpha value is -1.84. The summed E-state index contributed by atoms with van der Waals surface area (Å²) in [5, 5.41) is 8.64. The third-order valence-corrected chi connectivity index (χ3v) is 3.85. The monoisotopic (exact) mass is 257 g/mol. The van der Waals surface area contributed by atoms with Crippen molar-refractivity contribution < 1.29 is 4.74 Å². The highest BCUT2D eigenvalue weighted by Gasteiger charge is 2.29. The van der Waals surface area contributed by atoms with Gasteiger partial charge in [-0.1, -0.05) is 19.1 Å². The van der Waals surface area contributed by atoms with Crippen molar-refractivity contribution in [1.82, 2.24) is 15.0 Å². The van der Waals surface area contributed by atoms with Gasteiger partial charge in [0.25, 0.3) is 0 Å². The average molecular weight is 257 g/mol. The number of methoxy groups -OCH3 is 1. The molecule has 0 amide bonds. The Labute approximate surface area is 113 Å². The van der Waals surface area contributed by atoms with Crippen molar-refractivity contribution in [3.63, 3.8) is 0 Å². The number of rotatable bonds is 2.